The Hall–Kier alpha value is -0.610. The number of epoxide rings is 1. The van der Waals surface area contributed by atoms with E-state index in [-0.39, 0.29) is 29.2 Å². The van der Waals surface area contributed by atoms with Gasteiger partial charge in [-0.25, -0.2) is 0 Å². The fourth-order valence-corrected chi connectivity index (χ4v) is 6.67. The molecule has 0 amide bonds. The molecule has 0 bridgehead atoms. The Labute approximate surface area is 159 Å². The van der Waals surface area contributed by atoms with E-state index >= 15 is 0 Å². The molecule has 2 aliphatic heterocycles. The van der Waals surface area contributed by atoms with Crippen molar-refractivity contribution in [3.8, 4) is 0 Å². The first kappa shape index (κ1) is 18.7. The van der Waals surface area contributed by atoms with Crippen LogP contribution in [0.2, 0.25) is 0 Å². The molecule has 26 heavy (non-hydrogen) atoms. The first-order valence-corrected chi connectivity index (χ1v) is 11.0. The van der Waals surface area contributed by atoms with Gasteiger partial charge in [-0.05, 0) is 51.4 Å². The number of unbranched alkanes of at least 4 members (excludes halogenated alkanes) is 2. The van der Waals surface area contributed by atoms with Crippen LogP contribution in [-0.2, 0) is 14.3 Å². The van der Waals surface area contributed by atoms with Gasteiger partial charge in [0.15, 0.2) is 0 Å². The number of fused-ring (bicyclic) bond motifs is 1. The van der Waals surface area contributed by atoms with Crippen molar-refractivity contribution in [2.24, 2.45) is 23.7 Å². The molecule has 0 unspecified atom stereocenters. The number of nitrogens with zero attached hydrogens (tertiary/aromatic N) is 1. The average molecular weight is 365 g/mol. The van der Waals surface area contributed by atoms with Crippen LogP contribution in [0.1, 0.15) is 65.7 Å². The van der Waals surface area contributed by atoms with Crippen LogP contribution in [0.4, 0.5) is 0 Å². The smallest absolute Gasteiger partial charge is 0.315 e. The lowest BCUT2D eigenvalue weighted by molar-refractivity contribution is -0.893. The normalized spacial score (nSPS) is 47.0. The highest BCUT2D eigenvalue weighted by atomic mass is 16.7. The number of quaternary nitrogens is 1. The molecular weight excluding hydrogens is 326 g/mol. The molecule has 4 aliphatic rings. The van der Waals surface area contributed by atoms with Gasteiger partial charge >= 0.3 is 5.97 Å². The van der Waals surface area contributed by atoms with Gasteiger partial charge in [0.25, 0.3) is 0 Å². The van der Waals surface area contributed by atoms with Crippen LogP contribution in [0.15, 0.2) is 0 Å². The number of hydrogen-bond donors (Lipinski definition) is 0. The van der Waals surface area contributed by atoms with Gasteiger partial charge in [-0.1, -0.05) is 20.3 Å². The Morgan fingerprint density at radius 1 is 1.15 bits per heavy atom. The Kier molecular flexibility index (Phi) is 4.47. The minimum absolute atomic E-state index is 0.0352. The summed E-state index contributed by atoms with van der Waals surface area (Å²) in [4.78, 5) is 13.1. The zero-order valence-electron chi connectivity index (χ0n) is 17.4. The zero-order valence-corrected chi connectivity index (χ0v) is 17.4. The van der Waals surface area contributed by atoms with Crippen LogP contribution < -0.4 is 0 Å². The molecule has 0 aromatic carbocycles. The highest BCUT2D eigenvalue weighted by Gasteiger charge is 2.77. The highest BCUT2D eigenvalue weighted by Crippen LogP contribution is 2.66. The van der Waals surface area contributed by atoms with Gasteiger partial charge in [0, 0.05) is 11.8 Å². The number of esters is 1. The fraction of sp³-hybridized carbons (Fsp3) is 0.955. The molecule has 0 radical (unpaired) electrons. The van der Waals surface area contributed by atoms with E-state index < -0.39 is 0 Å². The van der Waals surface area contributed by atoms with E-state index in [0.717, 1.165) is 36.8 Å². The molecule has 7 atom stereocenters. The van der Waals surface area contributed by atoms with Gasteiger partial charge in [-0.3, -0.25) is 4.79 Å². The summed E-state index contributed by atoms with van der Waals surface area (Å²) in [6.45, 7) is 8.90. The third-order valence-electron chi connectivity index (χ3n) is 8.15. The van der Waals surface area contributed by atoms with Crippen molar-refractivity contribution < 1.29 is 18.8 Å². The Morgan fingerprint density at radius 3 is 2.65 bits per heavy atom. The van der Waals surface area contributed by atoms with Gasteiger partial charge < -0.3 is 14.0 Å². The summed E-state index contributed by atoms with van der Waals surface area (Å²) in [7, 11) is 4.57. The quantitative estimate of drug-likeness (QED) is 0.312. The molecule has 0 aromatic heterocycles. The van der Waals surface area contributed by atoms with Gasteiger partial charge in [0.1, 0.15) is 17.6 Å². The lowest BCUT2D eigenvalue weighted by atomic mass is 9.55. The third-order valence-corrected chi connectivity index (χ3v) is 8.15. The Morgan fingerprint density at radius 2 is 1.92 bits per heavy atom. The first-order chi connectivity index (χ1) is 12.2. The molecule has 4 nitrogen and oxygen atoms in total. The SMILES string of the molecule is CCCCC[N+](C)(C)C[C@H]1C(=O)O[C@@]23[C@@H](CC[C@@]4(C)O[C@@H]24)[C@H](C)CC[C@@H]13. The fourth-order valence-electron chi connectivity index (χ4n) is 6.67. The molecule has 1 spiro atoms. The summed E-state index contributed by atoms with van der Waals surface area (Å²) in [6, 6.07) is 0. The van der Waals surface area contributed by atoms with Gasteiger partial charge in [-0.2, -0.15) is 0 Å². The van der Waals surface area contributed by atoms with Gasteiger partial charge in [-0.15, -0.1) is 0 Å². The van der Waals surface area contributed by atoms with Crippen molar-refractivity contribution in [3.63, 3.8) is 0 Å². The van der Waals surface area contributed by atoms with Crippen molar-refractivity contribution in [1.29, 1.82) is 0 Å². The van der Waals surface area contributed by atoms with Crippen molar-refractivity contribution >= 4 is 5.97 Å². The second kappa shape index (κ2) is 6.20. The van der Waals surface area contributed by atoms with E-state index in [2.05, 4.69) is 34.9 Å². The Balaban J connectivity index is 1.57. The molecule has 2 saturated heterocycles. The number of ether oxygens (including phenoxy) is 2. The van der Waals surface area contributed by atoms with Crippen LogP contribution in [0.25, 0.3) is 0 Å². The van der Waals surface area contributed by atoms with Crippen molar-refractivity contribution in [1.82, 2.24) is 0 Å². The molecule has 2 saturated carbocycles. The average Bonchev–Trinajstić information content (AvgIpc) is 3.19. The summed E-state index contributed by atoms with van der Waals surface area (Å²) < 4.78 is 13.5. The lowest BCUT2D eigenvalue weighted by Gasteiger charge is -2.50. The van der Waals surface area contributed by atoms with Crippen molar-refractivity contribution in [3.05, 3.63) is 0 Å². The molecular formula is C22H38NO3+. The summed E-state index contributed by atoms with van der Waals surface area (Å²) in [5, 5.41) is 0. The zero-order chi connectivity index (χ0) is 18.7. The molecule has 4 rings (SSSR count). The minimum atomic E-state index is -0.324. The van der Waals surface area contributed by atoms with E-state index in [1.165, 1.54) is 25.7 Å². The highest BCUT2D eigenvalue weighted by molar-refractivity contribution is 5.77. The summed E-state index contributed by atoms with van der Waals surface area (Å²) in [6.07, 6.45) is 8.54. The van der Waals surface area contributed by atoms with E-state index in [1.807, 2.05) is 0 Å². The van der Waals surface area contributed by atoms with Crippen LogP contribution in [0.3, 0.4) is 0 Å². The van der Waals surface area contributed by atoms with Crippen LogP contribution >= 0.6 is 0 Å². The molecule has 148 valence electrons. The first-order valence-electron chi connectivity index (χ1n) is 11.0. The number of rotatable bonds is 6. The molecule has 2 heterocycles. The molecule has 2 aliphatic carbocycles. The standard InChI is InChI=1S/C22H38NO3/c1-6-7-8-13-23(4,5)14-16-18-10-9-15(2)17-11-12-21(3)20(26-21)22(17,18)25-19(16)24/h15-18,20H,6-14H2,1-5H3/q+1/t15-,16-,17+,18+,20-,21-,22-/m1/s1. The van der Waals surface area contributed by atoms with Crippen LogP contribution in [-0.4, -0.2) is 54.9 Å². The molecule has 4 fully saturated rings. The van der Waals surface area contributed by atoms with Crippen molar-refractivity contribution in [2.75, 3.05) is 27.2 Å². The number of carbonyl (C=O) groups is 1. The third kappa shape index (κ3) is 2.74. The Bertz CT molecular complexity index is 576. The van der Waals surface area contributed by atoms with E-state index in [1.54, 1.807) is 0 Å². The maximum Gasteiger partial charge on any atom is 0.315 e. The van der Waals surface area contributed by atoms with Gasteiger partial charge in [0.05, 0.1) is 32.8 Å². The molecule has 0 N–H and O–H groups in total. The predicted molar refractivity (Wildman–Crippen MR) is 102 cm³/mol. The number of carbonyl (C=O) groups excluding carboxylic acids is 1. The lowest BCUT2D eigenvalue weighted by Crippen LogP contribution is -2.59. The molecule has 0 aromatic rings. The van der Waals surface area contributed by atoms with Crippen LogP contribution in [0.5, 0.6) is 0 Å². The number of hydrogen-bond acceptors (Lipinski definition) is 3. The maximum absolute atomic E-state index is 13.1. The van der Waals surface area contributed by atoms with E-state index in [4.69, 9.17) is 9.47 Å². The van der Waals surface area contributed by atoms with Gasteiger partial charge in [0.2, 0.25) is 0 Å². The topological polar surface area (TPSA) is 38.8 Å². The van der Waals surface area contributed by atoms with Crippen LogP contribution in [0, 0.1) is 23.7 Å². The predicted octanol–water partition coefficient (Wildman–Crippen LogP) is 3.78. The summed E-state index contributed by atoms with van der Waals surface area (Å²) >= 11 is 0. The second-order valence-electron chi connectivity index (χ2n) is 10.5. The van der Waals surface area contributed by atoms with E-state index in [9.17, 15) is 4.79 Å². The maximum atomic E-state index is 13.1. The van der Waals surface area contributed by atoms with E-state index in [0.29, 0.717) is 17.8 Å². The monoisotopic (exact) mass is 364 g/mol. The van der Waals surface area contributed by atoms with Crippen molar-refractivity contribution in [2.45, 2.75) is 83.0 Å². The summed E-state index contributed by atoms with van der Waals surface area (Å²) in [5.74, 6) is 1.60. The minimum Gasteiger partial charge on any atom is -0.455 e. The molecule has 4 heteroatoms. The second-order valence-corrected chi connectivity index (χ2v) is 10.5. The largest absolute Gasteiger partial charge is 0.455 e. The summed E-state index contributed by atoms with van der Waals surface area (Å²) in [5.41, 5.74) is -0.359.